The van der Waals surface area contributed by atoms with Crippen molar-refractivity contribution in [3.05, 3.63) is 70.3 Å². The van der Waals surface area contributed by atoms with Crippen LogP contribution in [0.3, 0.4) is 0 Å². The molecule has 40 heavy (non-hydrogen) atoms. The van der Waals surface area contributed by atoms with Crippen molar-refractivity contribution >= 4 is 33.6 Å². The van der Waals surface area contributed by atoms with Crippen LogP contribution < -0.4 is 5.32 Å². The highest BCUT2D eigenvalue weighted by Gasteiger charge is 2.55. The van der Waals surface area contributed by atoms with Crippen LogP contribution in [0.1, 0.15) is 38.3 Å². The van der Waals surface area contributed by atoms with Crippen molar-refractivity contribution in [2.45, 2.75) is 49.3 Å². The molecule has 8 nitrogen and oxygen atoms in total. The highest BCUT2D eigenvalue weighted by Crippen LogP contribution is 2.49. The molecule has 3 aliphatic rings. The molecule has 7 rings (SSSR count). The lowest BCUT2D eigenvalue weighted by molar-refractivity contribution is -0.262. The van der Waals surface area contributed by atoms with E-state index in [-0.39, 0.29) is 41.3 Å². The van der Waals surface area contributed by atoms with Gasteiger partial charge in [-0.25, -0.2) is 13.2 Å². The number of aromatic amines is 1. The molecule has 2 aliphatic heterocycles. The average Bonchev–Trinajstić information content (AvgIpc) is 3.43. The Morgan fingerprint density at radius 3 is 2.50 bits per heavy atom. The minimum absolute atomic E-state index is 0.00244. The molecular formula is C29H23F3N2O6. The lowest BCUT2D eigenvalue weighted by Crippen LogP contribution is -2.65. The Hall–Kier alpha value is -3.77. The van der Waals surface area contributed by atoms with Gasteiger partial charge in [0.25, 0.3) is 11.8 Å². The van der Waals surface area contributed by atoms with Crippen molar-refractivity contribution in [2.24, 2.45) is 0 Å². The number of benzene rings is 3. The predicted octanol–water partition coefficient (Wildman–Crippen LogP) is 2.83. The number of nitrogens with one attached hydrogen (secondary N) is 2. The molecule has 5 N–H and O–H groups in total. The standard InChI is InChI=1S/C29H23F3N2O6/c30-12-2-1-11-5-6-29(26(37)25(36)23(32)18(10-35)40-29)9-16-19(14(11)7-12)21-22(28(39)34-27(21)38)20-15-8-13(31)3-4-17(15)33-24(16)20/h1-4,7-8,18,23,25-26,33,35-37H,5-6,9-10H2,(H,34,38,39)/t18-,23-,25+,26-,29-/m1/s1. The number of aryl methyl sites for hydroxylation is 1. The molecule has 0 unspecified atom stereocenters. The van der Waals surface area contributed by atoms with Crippen molar-refractivity contribution in [2.75, 3.05) is 6.61 Å². The number of carbonyl (C=O) groups is 2. The summed E-state index contributed by atoms with van der Waals surface area (Å²) in [6.07, 6.45) is -7.11. The topological polar surface area (TPSA) is 132 Å². The molecule has 0 saturated carbocycles. The average molecular weight is 553 g/mol. The van der Waals surface area contributed by atoms with Crippen LogP contribution in [0.25, 0.3) is 32.9 Å². The van der Waals surface area contributed by atoms with Crippen LogP contribution in [0.5, 0.6) is 0 Å². The van der Waals surface area contributed by atoms with Crippen molar-refractivity contribution in [1.29, 1.82) is 0 Å². The molecule has 1 fully saturated rings. The summed E-state index contributed by atoms with van der Waals surface area (Å²) in [6, 6.07) is 7.97. The third-order valence-corrected chi connectivity index (χ3v) is 8.54. The fourth-order valence-corrected chi connectivity index (χ4v) is 6.70. The number of hydrogen-bond acceptors (Lipinski definition) is 6. The van der Waals surface area contributed by atoms with Gasteiger partial charge in [0.15, 0.2) is 6.17 Å². The molecule has 1 spiro atoms. The van der Waals surface area contributed by atoms with Gasteiger partial charge in [-0.15, -0.1) is 0 Å². The number of aliphatic hydroxyl groups is 3. The molecule has 4 aromatic rings. The third-order valence-electron chi connectivity index (χ3n) is 8.54. The fraction of sp³-hybridized carbons (Fsp3) is 0.310. The summed E-state index contributed by atoms with van der Waals surface area (Å²) >= 11 is 0. The lowest BCUT2D eigenvalue weighted by atomic mass is 9.72. The van der Waals surface area contributed by atoms with E-state index in [0.29, 0.717) is 33.1 Å². The van der Waals surface area contributed by atoms with Gasteiger partial charge in [0.1, 0.15) is 35.5 Å². The molecule has 1 saturated heterocycles. The first kappa shape index (κ1) is 25.2. The molecule has 5 atom stereocenters. The second kappa shape index (κ2) is 8.61. The zero-order chi connectivity index (χ0) is 28.1. The van der Waals surface area contributed by atoms with Crippen LogP contribution in [0.15, 0.2) is 36.4 Å². The minimum Gasteiger partial charge on any atom is -0.394 e. The van der Waals surface area contributed by atoms with Crippen molar-refractivity contribution in [1.82, 2.24) is 10.3 Å². The number of aliphatic hydroxyl groups excluding tert-OH is 3. The highest BCUT2D eigenvalue weighted by molar-refractivity contribution is 6.33. The summed E-state index contributed by atoms with van der Waals surface area (Å²) in [5.41, 5.74) is 0.579. The van der Waals surface area contributed by atoms with Gasteiger partial charge in [-0.2, -0.15) is 0 Å². The second-order valence-corrected chi connectivity index (χ2v) is 10.7. The van der Waals surface area contributed by atoms with Crippen LogP contribution in [0, 0.1) is 11.6 Å². The van der Waals surface area contributed by atoms with E-state index in [4.69, 9.17) is 4.74 Å². The zero-order valence-electron chi connectivity index (χ0n) is 20.8. The molecular weight excluding hydrogens is 529 g/mol. The second-order valence-electron chi connectivity index (χ2n) is 10.7. The first-order valence-electron chi connectivity index (χ1n) is 12.9. The number of rotatable bonds is 1. The summed E-state index contributed by atoms with van der Waals surface area (Å²) < 4.78 is 50.0. The van der Waals surface area contributed by atoms with Gasteiger partial charge in [0, 0.05) is 28.3 Å². The number of halogens is 3. The Kier molecular flexibility index (Phi) is 5.43. The summed E-state index contributed by atoms with van der Waals surface area (Å²) in [4.78, 5) is 29.7. The molecule has 206 valence electrons. The number of amides is 2. The number of H-pyrrole nitrogens is 1. The van der Waals surface area contributed by atoms with Crippen molar-refractivity contribution < 1.29 is 42.8 Å². The van der Waals surface area contributed by atoms with Gasteiger partial charge in [-0.3, -0.25) is 14.9 Å². The maximum Gasteiger partial charge on any atom is 0.259 e. The van der Waals surface area contributed by atoms with Crippen LogP contribution in [-0.2, 0) is 17.6 Å². The predicted molar refractivity (Wildman–Crippen MR) is 137 cm³/mol. The molecule has 11 heteroatoms. The zero-order valence-corrected chi connectivity index (χ0v) is 20.8. The van der Waals surface area contributed by atoms with E-state index in [2.05, 4.69) is 10.3 Å². The summed E-state index contributed by atoms with van der Waals surface area (Å²) in [5, 5.41) is 34.7. The normalized spacial score (nSPS) is 27.9. The van der Waals surface area contributed by atoms with Gasteiger partial charge in [0.05, 0.1) is 23.3 Å². The van der Waals surface area contributed by atoms with Crippen LogP contribution in [-0.4, -0.2) is 68.8 Å². The minimum atomic E-state index is -2.06. The third kappa shape index (κ3) is 3.35. The Labute approximate surface area is 224 Å². The summed E-state index contributed by atoms with van der Waals surface area (Å²) in [7, 11) is 0. The monoisotopic (exact) mass is 552 g/mol. The number of carbonyl (C=O) groups excluding carboxylic acids is 2. The summed E-state index contributed by atoms with van der Waals surface area (Å²) in [6.45, 7) is -0.760. The maximum atomic E-state index is 14.8. The molecule has 3 aromatic carbocycles. The Morgan fingerprint density at radius 2 is 1.73 bits per heavy atom. The lowest BCUT2D eigenvalue weighted by Gasteiger charge is -2.49. The number of imide groups is 1. The SMILES string of the molecule is O=C1NC(=O)c2c1c1c(c3[nH]c4ccc(F)cc4c23)C[C@@]2(CCc3ccc(F)cc3-1)O[C@H](CO)[C@@H](F)[C@H](O)[C@H]2O. The van der Waals surface area contributed by atoms with E-state index in [1.54, 1.807) is 0 Å². The van der Waals surface area contributed by atoms with Gasteiger partial charge < -0.3 is 25.0 Å². The van der Waals surface area contributed by atoms with Crippen LogP contribution in [0.2, 0.25) is 0 Å². The largest absolute Gasteiger partial charge is 0.394 e. The fourth-order valence-electron chi connectivity index (χ4n) is 6.70. The molecule has 1 aliphatic carbocycles. The smallest absolute Gasteiger partial charge is 0.259 e. The van der Waals surface area contributed by atoms with E-state index in [1.165, 1.54) is 36.4 Å². The van der Waals surface area contributed by atoms with E-state index >= 15 is 0 Å². The molecule has 3 heterocycles. The number of ether oxygens (including phenoxy) is 1. The Balaban J connectivity index is 1.63. The highest BCUT2D eigenvalue weighted by atomic mass is 19.1. The van der Waals surface area contributed by atoms with Gasteiger partial charge in [-0.1, -0.05) is 6.07 Å². The quantitative estimate of drug-likeness (QED) is 0.231. The Bertz CT molecular complexity index is 1770. The van der Waals surface area contributed by atoms with Crippen LogP contribution in [0.4, 0.5) is 13.2 Å². The molecule has 2 amide bonds. The van der Waals surface area contributed by atoms with Crippen molar-refractivity contribution in [3.63, 3.8) is 0 Å². The van der Waals surface area contributed by atoms with Crippen molar-refractivity contribution in [3.8, 4) is 11.1 Å². The molecule has 0 bridgehead atoms. The van der Waals surface area contributed by atoms with E-state index in [0.717, 1.165) is 0 Å². The molecule has 0 radical (unpaired) electrons. The Morgan fingerprint density at radius 1 is 1.00 bits per heavy atom. The number of aromatic nitrogens is 1. The first-order chi connectivity index (χ1) is 19.1. The number of fused-ring (bicyclic) bond motifs is 10. The van der Waals surface area contributed by atoms with E-state index in [1.807, 2.05) is 0 Å². The summed E-state index contributed by atoms with van der Waals surface area (Å²) in [5.74, 6) is -2.58. The maximum absolute atomic E-state index is 14.8. The molecule has 1 aromatic heterocycles. The van der Waals surface area contributed by atoms with E-state index < -0.39 is 60.1 Å². The van der Waals surface area contributed by atoms with Crippen LogP contribution >= 0.6 is 0 Å². The van der Waals surface area contributed by atoms with E-state index in [9.17, 15) is 38.1 Å². The van der Waals surface area contributed by atoms with Gasteiger partial charge in [0.2, 0.25) is 0 Å². The number of alkyl halides is 1. The first-order valence-corrected chi connectivity index (χ1v) is 12.9. The van der Waals surface area contributed by atoms with Gasteiger partial charge >= 0.3 is 0 Å². The van der Waals surface area contributed by atoms with Gasteiger partial charge in [-0.05, 0) is 59.9 Å². The number of hydrogen-bond donors (Lipinski definition) is 5.